The van der Waals surface area contributed by atoms with Crippen LogP contribution in [0.4, 0.5) is 0 Å². The van der Waals surface area contributed by atoms with Crippen LogP contribution in [0.3, 0.4) is 0 Å². The molecule has 6 unspecified atom stereocenters. The van der Waals surface area contributed by atoms with E-state index in [0.29, 0.717) is 17.3 Å². The van der Waals surface area contributed by atoms with Gasteiger partial charge < -0.3 is 19.7 Å². The van der Waals surface area contributed by atoms with Gasteiger partial charge in [-0.05, 0) is 69.4 Å². The van der Waals surface area contributed by atoms with Crippen LogP contribution in [-0.2, 0) is 14.3 Å². The monoisotopic (exact) mass is 376 g/mol. The van der Waals surface area contributed by atoms with E-state index in [4.69, 9.17) is 9.47 Å². The lowest BCUT2D eigenvalue weighted by molar-refractivity contribution is -0.147. The second-order valence-electron chi connectivity index (χ2n) is 10.2. The molecule has 0 radical (unpaired) electrons. The van der Waals surface area contributed by atoms with Gasteiger partial charge in [-0.3, -0.25) is 4.79 Å². The second kappa shape index (κ2) is 7.00. The molecule has 3 saturated heterocycles. The molecule has 5 fully saturated rings. The third-order valence-corrected chi connectivity index (χ3v) is 8.50. The van der Waals surface area contributed by atoms with Gasteiger partial charge in [-0.2, -0.15) is 0 Å². The number of carbonyl (C=O) groups excluding carboxylic acids is 1. The summed E-state index contributed by atoms with van der Waals surface area (Å²) in [6.07, 6.45) is 10.1. The van der Waals surface area contributed by atoms with Gasteiger partial charge in [-0.25, -0.2) is 0 Å². The molecular formula is C22H36N2O3. The molecule has 0 amide bonds. The quantitative estimate of drug-likeness (QED) is 0.454. The van der Waals surface area contributed by atoms with Gasteiger partial charge in [0.2, 0.25) is 0 Å². The van der Waals surface area contributed by atoms with E-state index < -0.39 is 0 Å². The summed E-state index contributed by atoms with van der Waals surface area (Å²) >= 11 is 0. The highest BCUT2D eigenvalue weighted by Gasteiger charge is 2.64. The Balaban J connectivity index is 1.18. The largest absolute Gasteiger partial charge is 0.462 e. The van der Waals surface area contributed by atoms with Crippen LogP contribution >= 0.6 is 0 Å². The molecule has 6 atom stereocenters. The molecule has 0 aromatic rings. The number of hydrogen-bond donors (Lipinski definition) is 1. The third kappa shape index (κ3) is 3.34. The van der Waals surface area contributed by atoms with Gasteiger partial charge in [0, 0.05) is 25.6 Å². The summed E-state index contributed by atoms with van der Waals surface area (Å²) in [5.41, 5.74) is 0.447. The van der Waals surface area contributed by atoms with Crippen LogP contribution in [0.5, 0.6) is 0 Å². The van der Waals surface area contributed by atoms with Gasteiger partial charge in [0.05, 0.1) is 18.1 Å². The first kappa shape index (κ1) is 18.4. The molecule has 27 heavy (non-hydrogen) atoms. The second-order valence-corrected chi connectivity index (χ2v) is 10.2. The van der Waals surface area contributed by atoms with Crippen LogP contribution in [0.2, 0.25) is 0 Å². The molecule has 5 rings (SSSR count). The van der Waals surface area contributed by atoms with Crippen molar-refractivity contribution in [3.8, 4) is 0 Å². The average molecular weight is 377 g/mol. The molecule has 152 valence electrons. The van der Waals surface area contributed by atoms with Gasteiger partial charge >= 0.3 is 5.97 Å². The normalized spacial score (nSPS) is 46.8. The van der Waals surface area contributed by atoms with Crippen molar-refractivity contribution in [2.75, 3.05) is 39.3 Å². The van der Waals surface area contributed by atoms with Crippen molar-refractivity contribution in [3.05, 3.63) is 0 Å². The zero-order valence-electron chi connectivity index (χ0n) is 16.9. The summed E-state index contributed by atoms with van der Waals surface area (Å²) in [7, 11) is 0. The summed E-state index contributed by atoms with van der Waals surface area (Å²) in [4.78, 5) is 15.2. The van der Waals surface area contributed by atoms with Crippen molar-refractivity contribution in [1.82, 2.24) is 10.2 Å². The molecule has 1 N–H and O–H groups in total. The Kier molecular flexibility index (Phi) is 4.76. The molecule has 3 heterocycles. The van der Waals surface area contributed by atoms with Crippen LogP contribution < -0.4 is 5.32 Å². The van der Waals surface area contributed by atoms with Crippen LogP contribution in [0.15, 0.2) is 0 Å². The number of carbonyl (C=O) groups is 1. The minimum absolute atomic E-state index is 0.0404. The molecule has 0 aromatic heterocycles. The fraction of sp³-hybridized carbons (Fsp3) is 0.955. The number of esters is 1. The smallest absolute Gasteiger partial charge is 0.310 e. The average Bonchev–Trinajstić information content (AvgIpc) is 3.36. The summed E-state index contributed by atoms with van der Waals surface area (Å²) in [5.74, 6) is 1.09. The molecule has 0 bridgehead atoms. The number of nitrogens with one attached hydrogen (secondary N) is 1. The number of piperidine rings is 1. The minimum Gasteiger partial charge on any atom is -0.462 e. The number of epoxide rings is 1. The highest BCUT2D eigenvalue weighted by Crippen LogP contribution is 2.62. The SMILES string of the molecule is CC12CCCC3(CO3)C1CC1C(C2)OC(=O)C1CNCCN1CCCCC1. The molecule has 5 heteroatoms. The predicted octanol–water partition coefficient (Wildman–Crippen LogP) is 2.59. The van der Waals surface area contributed by atoms with Crippen LogP contribution in [0, 0.1) is 23.2 Å². The Labute approximate surface area is 163 Å². The Hall–Kier alpha value is -0.650. The van der Waals surface area contributed by atoms with Crippen LogP contribution in [0.25, 0.3) is 0 Å². The topological polar surface area (TPSA) is 54.1 Å². The lowest BCUT2D eigenvalue weighted by Crippen LogP contribution is -2.51. The first-order valence-electron chi connectivity index (χ1n) is 11.4. The van der Waals surface area contributed by atoms with Crippen molar-refractivity contribution in [2.45, 2.75) is 70.0 Å². The highest BCUT2D eigenvalue weighted by atomic mass is 16.6. The van der Waals surface area contributed by atoms with Crippen LogP contribution in [0.1, 0.15) is 58.3 Å². The Morgan fingerprint density at radius 3 is 2.78 bits per heavy atom. The zero-order chi connectivity index (χ0) is 18.5. The maximum Gasteiger partial charge on any atom is 0.310 e. The zero-order valence-corrected chi connectivity index (χ0v) is 16.9. The van der Waals surface area contributed by atoms with Gasteiger partial charge in [0.25, 0.3) is 0 Å². The van der Waals surface area contributed by atoms with Gasteiger partial charge in [-0.15, -0.1) is 0 Å². The van der Waals surface area contributed by atoms with Crippen molar-refractivity contribution in [1.29, 1.82) is 0 Å². The van der Waals surface area contributed by atoms with E-state index in [1.807, 2.05) is 0 Å². The van der Waals surface area contributed by atoms with E-state index in [-0.39, 0.29) is 23.6 Å². The van der Waals surface area contributed by atoms with Crippen molar-refractivity contribution in [3.63, 3.8) is 0 Å². The van der Waals surface area contributed by atoms with Gasteiger partial charge in [0.15, 0.2) is 0 Å². The first-order valence-corrected chi connectivity index (χ1v) is 11.4. The van der Waals surface area contributed by atoms with Crippen molar-refractivity contribution < 1.29 is 14.3 Å². The van der Waals surface area contributed by atoms with Crippen molar-refractivity contribution >= 4 is 5.97 Å². The predicted molar refractivity (Wildman–Crippen MR) is 103 cm³/mol. The van der Waals surface area contributed by atoms with Gasteiger partial charge in [-0.1, -0.05) is 13.3 Å². The van der Waals surface area contributed by atoms with E-state index in [1.54, 1.807) is 0 Å². The van der Waals surface area contributed by atoms with Gasteiger partial charge in [0.1, 0.15) is 6.10 Å². The first-order chi connectivity index (χ1) is 13.1. The van der Waals surface area contributed by atoms with E-state index in [2.05, 4.69) is 17.1 Å². The summed E-state index contributed by atoms with van der Waals surface area (Å²) in [6.45, 7) is 8.71. The lowest BCUT2D eigenvalue weighted by atomic mass is 9.53. The van der Waals surface area contributed by atoms with Crippen LogP contribution in [-0.4, -0.2) is 61.9 Å². The molecule has 0 aromatic carbocycles. The van der Waals surface area contributed by atoms with Crippen molar-refractivity contribution in [2.24, 2.45) is 23.2 Å². The fourth-order valence-electron chi connectivity index (χ4n) is 6.87. The third-order valence-electron chi connectivity index (χ3n) is 8.50. The molecule has 5 nitrogen and oxygen atoms in total. The minimum atomic E-state index is 0.0404. The Bertz CT molecular complexity index is 572. The molecule has 2 saturated carbocycles. The number of fused-ring (bicyclic) bond motifs is 3. The lowest BCUT2D eigenvalue weighted by Gasteiger charge is -2.51. The molecule has 2 aliphatic carbocycles. The number of rotatable bonds is 5. The number of likely N-dealkylation sites (tertiary alicyclic amines) is 1. The maximum atomic E-state index is 12.6. The molecule has 3 aliphatic heterocycles. The molecule has 1 spiro atoms. The number of ether oxygens (including phenoxy) is 2. The fourth-order valence-corrected chi connectivity index (χ4v) is 6.87. The maximum absolute atomic E-state index is 12.6. The summed E-state index contributed by atoms with van der Waals surface area (Å²) in [6, 6.07) is 0. The van der Waals surface area contributed by atoms with E-state index in [1.165, 1.54) is 51.6 Å². The Morgan fingerprint density at radius 1 is 1.19 bits per heavy atom. The highest BCUT2D eigenvalue weighted by molar-refractivity contribution is 5.75. The number of nitrogens with zero attached hydrogens (tertiary/aromatic N) is 1. The summed E-state index contributed by atoms with van der Waals surface area (Å²) in [5, 5.41) is 3.58. The summed E-state index contributed by atoms with van der Waals surface area (Å²) < 4.78 is 11.9. The van der Waals surface area contributed by atoms with E-state index in [0.717, 1.165) is 39.1 Å². The molecular weight excluding hydrogens is 340 g/mol. The Morgan fingerprint density at radius 2 is 2.00 bits per heavy atom. The standard InChI is InChI=1S/C22H36N2O3/c1-21-6-5-7-22(15-26-22)19(21)12-16-17(20(25)27-18(16)13-21)14-23-8-11-24-9-3-2-4-10-24/h16-19,23H,2-15H2,1H3. The molecule has 5 aliphatic rings. The van der Waals surface area contributed by atoms with E-state index >= 15 is 0 Å². The van der Waals surface area contributed by atoms with E-state index in [9.17, 15) is 4.79 Å². The number of hydrogen-bond acceptors (Lipinski definition) is 5.